The van der Waals surface area contributed by atoms with Gasteiger partial charge in [-0.1, -0.05) is 36.2 Å². The van der Waals surface area contributed by atoms with Crippen LogP contribution in [-0.2, 0) is 13.2 Å². The molecule has 0 aliphatic rings. The van der Waals surface area contributed by atoms with Crippen molar-refractivity contribution in [2.75, 3.05) is 7.11 Å². The first-order valence-electron chi connectivity index (χ1n) is 8.44. The number of methoxy groups -OCH3 is 1. The van der Waals surface area contributed by atoms with Gasteiger partial charge in [-0.15, -0.1) is 12.4 Å². The van der Waals surface area contributed by atoms with Gasteiger partial charge in [0.1, 0.15) is 6.61 Å². The van der Waals surface area contributed by atoms with E-state index in [1.54, 1.807) is 19.2 Å². The first-order valence-corrected chi connectivity index (χ1v) is 9.99. The normalized spacial score (nSPS) is 11.1. The Morgan fingerprint density at radius 2 is 1.85 bits per heavy atom. The Bertz CT molecular complexity index is 769. The molecule has 0 heterocycles. The third-order valence-electron chi connectivity index (χ3n) is 4.33. The summed E-state index contributed by atoms with van der Waals surface area (Å²) < 4.78 is 12.3. The van der Waals surface area contributed by atoms with E-state index in [4.69, 9.17) is 32.7 Å². The van der Waals surface area contributed by atoms with Gasteiger partial charge in [-0.2, -0.15) is 0 Å². The molecule has 0 atom stereocenters. The SMILES string of the molecule is CCC(C)(C)NCc1cc(Br)c(OCc2ccc(Cl)cc2Cl)c(OC)c1.Cl. The van der Waals surface area contributed by atoms with Crippen LogP contribution in [0.1, 0.15) is 38.3 Å². The highest BCUT2D eigenvalue weighted by Gasteiger charge is 2.16. The smallest absolute Gasteiger partial charge is 0.175 e. The summed E-state index contributed by atoms with van der Waals surface area (Å²) in [6.45, 7) is 7.62. The fourth-order valence-corrected chi connectivity index (χ4v) is 3.34. The second-order valence-electron chi connectivity index (χ2n) is 6.72. The number of halogens is 4. The number of ether oxygens (including phenoxy) is 2. The second kappa shape index (κ2) is 10.8. The van der Waals surface area contributed by atoms with Gasteiger partial charge in [0, 0.05) is 27.7 Å². The average molecular weight is 498 g/mol. The first-order chi connectivity index (χ1) is 12.3. The van der Waals surface area contributed by atoms with Gasteiger partial charge in [0.2, 0.25) is 0 Å². The van der Waals surface area contributed by atoms with E-state index in [9.17, 15) is 0 Å². The summed E-state index contributed by atoms with van der Waals surface area (Å²) in [4.78, 5) is 0. The van der Waals surface area contributed by atoms with E-state index in [2.05, 4.69) is 42.0 Å². The van der Waals surface area contributed by atoms with Gasteiger partial charge in [-0.05, 0) is 66.0 Å². The Labute approximate surface area is 186 Å². The molecule has 3 nitrogen and oxygen atoms in total. The van der Waals surface area contributed by atoms with E-state index in [0.717, 1.165) is 28.6 Å². The van der Waals surface area contributed by atoms with Crippen molar-refractivity contribution in [3.8, 4) is 11.5 Å². The predicted octanol–water partition coefficient (Wildman–Crippen LogP) is 7.04. The van der Waals surface area contributed by atoms with Crippen LogP contribution in [0.5, 0.6) is 11.5 Å². The van der Waals surface area contributed by atoms with Crippen LogP contribution in [0.4, 0.5) is 0 Å². The molecular formula is C20H25BrCl3NO2. The maximum atomic E-state index is 6.22. The largest absolute Gasteiger partial charge is 0.493 e. The number of rotatable bonds is 8. The van der Waals surface area contributed by atoms with Crippen LogP contribution in [0, 0.1) is 0 Å². The van der Waals surface area contributed by atoms with Crippen molar-refractivity contribution < 1.29 is 9.47 Å². The zero-order chi connectivity index (χ0) is 19.3. The molecule has 7 heteroatoms. The van der Waals surface area contributed by atoms with E-state index in [0.29, 0.717) is 28.2 Å². The summed E-state index contributed by atoms with van der Waals surface area (Å²) in [5.74, 6) is 1.33. The van der Waals surface area contributed by atoms with Crippen LogP contribution in [0.25, 0.3) is 0 Å². The standard InChI is InChI=1S/C20H24BrCl2NO2.ClH/c1-5-20(2,3)24-11-13-8-16(21)19(18(9-13)25-4)26-12-14-6-7-15(22)10-17(14)23;/h6-10,24H,5,11-12H2,1-4H3;1H. The Morgan fingerprint density at radius 3 is 2.44 bits per heavy atom. The van der Waals surface area contributed by atoms with Gasteiger partial charge in [0.05, 0.1) is 11.6 Å². The van der Waals surface area contributed by atoms with Crippen molar-refractivity contribution in [1.82, 2.24) is 5.32 Å². The lowest BCUT2D eigenvalue weighted by molar-refractivity contribution is 0.282. The molecule has 27 heavy (non-hydrogen) atoms. The Hall–Kier alpha value is -0.650. The molecule has 2 aromatic rings. The van der Waals surface area contributed by atoms with Crippen LogP contribution in [-0.4, -0.2) is 12.6 Å². The van der Waals surface area contributed by atoms with Gasteiger partial charge < -0.3 is 14.8 Å². The molecule has 0 unspecified atom stereocenters. The van der Waals surface area contributed by atoms with Crippen LogP contribution >= 0.6 is 51.5 Å². The molecule has 0 radical (unpaired) electrons. The lowest BCUT2D eigenvalue weighted by atomic mass is 10.0. The van der Waals surface area contributed by atoms with Gasteiger partial charge in [-0.25, -0.2) is 0 Å². The summed E-state index contributed by atoms with van der Waals surface area (Å²) >= 11 is 15.7. The molecule has 0 aliphatic heterocycles. The number of hydrogen-bond acceptors (Lipinski definition) is 3. The molecule has 0 spiro atoms. The molecule has 150 valence electrons. The van der Waals surface area contributed by atoms with Gasteiger partial charge >= 0.3 is 0 Å². The van der Waals surface area contributed by atoms with Gasteiger partial charge in [0.25, 0.3) is 0 Å². The maximum Gasteiger partial charge on any atom is 0.175 e. The summed E-state index contributed by atoms with van der Waals surface area (Å²) in [6, 6.07) is 9.39. The predicted molar refractivity (Wildman–Crippen MR) is 120 cm³/mol. The minimum absolute atomic E-state index is 0. The third-order valence-corrected chi connectivity index (χ3v) is 5.51. The molecule has 0 saturated carbocycles. The van der Waals surface area contributed by atoms with E-state index in [1.165, 1.54) is 0 Å². The number of nitrogens with one attached hydrogen (secondary N) is 1. The van der Waals surface area contributed by atoms with Crippen molar-refractivity contribution in [3.05, 3.63) is 56.0 Å². The van der Waals surface area contributed by atoms with Crippen molar-refractivity contribution in [1.29, 1.82) is 0 Å². The summed E-state index contributed by atoms with van der Waals surface area (Å²) in [6.07, 6.45) is 1.05. The van der Waals surface area contributed by atoms with Crippen molar-refractivity contribution in [3.63, 3.8) is 0 Å². The minimum atomic E-state index is 0. The van der Waals surface area contributed by atoms with Gasteiger partial charge in [-0.3, -0.25) is 0 Å². The molecule has 0 bridgehead atoms. The quantitative estimate of drug-likeness (QED) is 0.424. The van der Waals surface area contributed by atoms with Crippen molar-refractivity contribution >= 4 is 51.5 Å². The molecule has 0 aliphatic carbocycles. The molecule has 1 N–H and O–H groups in total. The molecule has 0 fully saturated rings. The molecule has 0 saturated heterocycles. The summed E-state index contributed by atoms with van der Waals surface area (Å²) in [7, 11) is 1.64. The summed E-state index contributed by atoms with van der Waals surface area (Å²) in [5.41, 5.74) is 2.06. The Morgan fingerprint density at radius 1 is 1.15 bits per heavy atom. The zero-order valence-corrected chi connectivity index (χ0v) is 19.8. The zero-order valence-electron chi connectivity index (χ0n) is 15.9. The Kier molecular flexibility index (Phi) is 9.73. The molecule has 0 amide bonds. The molecule has 2 aromatic carbocycles. The molecular weight excluding hydrogens is 472 g/mol. The fourth-order valence-electron chi connectivity index (χ4n) is 2.27. The van der Waals surface area contributed by atoms with Crippen LogP contribution < -0.4 is 14.8 Å². The van der Waals surface area contributed by atoms with Crippen LogP contribution in [0.3, 0.4) is 0 Å². The van der Waals surface area contributed by atoms with E-state index < -0.39 is 0 Å². The first kappa shape index (κ1) is 24.4. The van der Waals surface area contributed by atoms with E-state index in [-0.39, 0.29) is 17.9 Å². The van der Waals surface area contributed by atoms with Crippen molar-refractivity contribution in [2.24, 2.45) is 0 Å². The summed E-state index contributed by atoms with van der Waals surface area (Å²) in [5, 5.41) is 4.73. The monoisotopic (exact) mass is 495 g/mol. The maximum absolute atomic E-state index is 6.22. The lowest BCUT2D eigenvalue weighted by Crippen LogP contribution is -2.37. The number of hydrogen-bond donors (Lipinski definition) is 1. The topological polar surface area (TPSA) is 30.5 Å². The highest BCUT2D eigenvalue weighted by atomic mass is 79.9. The fraction of sp³-hybridized carbons (Fsp3) is 0.400. The molecule has 0 aromatic heterocycles. The highest BCUT2D eigenvalue weighted by molar-refractivity contribution is 9.10. The van der Waals surface area contributed by atoms with Gasteiger partial charge in [0.15, 0.2) is 11.5 Å². The highest BCUT2D eigenvalue weighted by Crippen LogP contribution is 2.37. The lowest BCUT2D eigenvalue weighted by Gasteiger charge is -2.25. The minimum Gasteiger partial charge on any atom is -0.493 e. The third kappa shape index (κ3) is 7.03. The molecule has 2 rings (SSSR count). The van der Waals surface area contributed by atoms with Crippen LogP contribution in [0.15, 0.2) is 34.8 Å². The Balaban J connectivity index is 0.00000364. The van der Waals surface area contributed by atoms with Crippen molar-refractivity contribution in [2.45, 2.75) is 45.9 Å². The van der Waals surface area contributed by atoms with Crippen LogP contribution in [0.2, 0.25) is 10.0 Å². The second-order valence-corrected chi connectivity index (χ2v) is 8.42. The van der Waals surface area contributed by atoms with E-state index >= 15 is 0 Å². The average Bonchev–Trinajstić information content (AvgIpc) is 2.60. The van der Waals surface area contributed by atoms with E-state index in [1.807, 2.05) is 18.2 Å². The number of benzene rings is 2.